The number of esters is 1. The van der Waals surface area contributed by atoms with Crippen LogP contribution in [0.3, 0.4) is 0 Å². The predicted octanol–water partition coefficient (Wildman–Crippen LogP) is 3.75. The lowest BCUT2D eigenvalue weighted by Crippen LogP contribution is -2.62. The number of fused-ring (bicyclic) bond motifs is 5. The summed E-state index contributed by atoms with van der Waals surface area (Å²) in [6.45, 7) is 6.91. The van der Waals surface area contributed by atoms with Gasteiger partial charge >= 0.3 is 5.97 Å². The maximum Gasteiger partial charge on any atom is 0.305 e. The summed E-state index contributed by atoms with van der Waals surface area (Å²) in [6.07, 6.45) is 6.55. The molecule has 0 aliphatic heterocycles. The molecule has 4 aliphatic rings. The molecular formula is C25H40O5. The van der Waals surface area contributed by atoms with Crippen molar-refractivity contribution in [3.63, 3.8) is 0 Å². The maximum atomic E-state index is 13.5. The Bertz CT molecular complexity index is 691. The average Bonchev–Trinajstić information content (AvgIpc) is 3.08. The molecule has 4 saturated carbocycles. The van der Waals surface area contributed by atoms with Gasteiger partial charge in [-0.3, -0.25) is 9.59 Å². The third-order valence-corrected chi connectivity index (χ3v) is 10.3. The van der Waals surface area contributed by atoms with E-state index in [4.69, 9.17) is 4.74 Å². The van der Waals surface area contributed by atoms with E-state index in [-0.39, 0.29) is 40.5 Å². The number of carbonyl (C=O) groups is 2. The average molecular weight is 421 g/mol. The van der Waals surface area contributed by atoms with Gasteiger partial charge in [0.05, 0.1) is 13.2 Å². The summed E-state index contributed by atoms with van der Waals surface area (Å²) in [6, 6.07) is 0. The molecule has 0 aromatic carbocycles. The van der Waals surface area contributed by atoms with Crippen LogP contribution in [0.4, 0.5) is 0 Å². The molecule has 0 bridgehead atoms. The first-order valence-electron chi connectivity index (χ1n) is 12.1. The smallest absolute Gasteiger partial charge is 0.305 e. The molecular weight excluding hydrogens is 380 g/mol. The number of ketones is 1. The minimum atomic E-state index is -0.927. The summed E-state index contributed by atoms with van der Waals surface area (Å²) >= 11 is 0. The lowest BCUT2D eigenvalue weighted by molar-refractivity contribution is -0.184. The van der Waals surface area contributed by atoms with Crippen LogP contribution >= 0.6 is 0 Å². The largest absolute Gasteiger partial charge is 0.469 e. The van der Waals surface area contributed by atoms with E-state index >= 15 is 0 Å². The van der Waals surface area contributed by atoms with E-state index in [1.807, 2.05) is 0 Å². The van der Waals surface area contributed by atoms with Crippen LogP contribution in [0.15, 0.2) is 0 Å². The van der Waals surface area contributed by atoms with Crippen LogP contribution in [0.5, 0.6) is 0 Å². The Balaban J connectivity index is 1.57. The fraction of sp³-hybridized carbons (Fsp3) is 0.920. The lowest BCUT2D eigenvalue weighted by Gasteiger charge is -2.61. The molecule has 8 unspecified atom stereocenters. The SMILES string of the molecule is COC(=O)CCC(C)C1CCC2C3C(=O)[C@H](O)[C@@H]4CC(O)CCC4(C)C3CCC12C. The van der Waals surface area contributed by atoms with Crippen molar-refractivity contribution in [3.05, 3.63) is 0 Å². The number of Topliss-reactive ketones (excluding diaryl/α,β-unsaturated/α-hetero) is 1. The quantitative estimate of drug-likeness (QED) is 0.677. The van der Waals surface area contributed by atoms with Gasteiger partial charge in [0.1, 0.15) is 6.10 Å². The molecule has 5 heteroatoms. The summed E-state index contributed by atoms with van der Waals surface area (Å²) in [7, 11) is 1.44. The second-order valence-electron chi connectivity index (χ2n) is 11.4. The molecule has 0 aromatic heterocycles. The zero-order valence-corrected chi connectivity index (χ0v) is 19.1. The van der Waals surface area contributed by atoms with E-state index in [2.05, 4.69) is 20.8 Å². The molecule has 4 aliphatic carbocycles. The van der Waals surface area contributed by atoms with Crippen LogP contribution in [-0.2, 0) is 14.3 Å². The molecule has 0 aromatic rings. The van der Waals surface area contributed by atoms with Crippen LogP contribution in [0.1, 0.15) is 78.6 Å². The Morgan fingerprint density at radius 3 is 2.43 bits per heavy atom. The number of hydrogen-bond acceptors (Lipinski definition) is 5. The Kier molecular flexibility index (Phi) is 5.85. The molecule has 0 heterocycles. The molecule has 5 nitrogen and oxygen atoms in total. The van der Waals surface area contributed by atoms with Gasteiger partial charge in [-0.2, -0.15) is 0 Å². The molecule has 4 fully saturated rings. The maximum absolute atomic E-state index is 13.5. The highest BCUT2D eigenvalue weighted by molar-refractivity contribution is 5.87. The first-order chi connectivity index (χ1) is 14.1. The third-order valence-electron chi connectivity index (χ3n) is 10.3. The Morgan fingerprint density at radius 1 is 1.07 bits per heavy atom. The number of carbonyl (C=O) groups excluding carboxylic acids is 2. The third kappa shape index (κ3) is 3.26. The standard InChI is InChI=1S/C25H40O5/c1-14(5-8-20(27)30-4)16-6-7-17-21-18(10-12-24(16,17)2)25(3)11-9-15(26)13-19(25)22(28)23(21)29/h14-19,21-22,26,28H,5-13H2,1-4H3/t14?,15?,16?,17?,18?,19-,21?,22+,24?,25?/m0/s1. The highest BCUT2D eigenvalue weighted by Crippen LogP contribution is 2.67. The molecule has 0 spiro atoms. The van der Waals surface area contributed by atoms with Gasteiger partial charge in [-0.1, -0.05) is 20.8 Å². The van der Waals surface area contributed by atoms with E-state index in [0.717, 1.165) is 44.9 Å². The molecule has 2 N–H and O–H groups in total. The Labute approximate surface area is 180 Å². The molecule has 10 atom stereocenters. The first-order valence-corrected chi connectivity index (χ1v) is 12.1. The van der Waals surface area contributed by atoms with Crippen molar-refractivity contribution in [2.45, 2.75) is 90.8 Å². The van der Waals surface area contributed by atoms with Crippen molar-refractivity contribution >= 4 is 11.8 Å². The number of rotatable bonds is 4. The number of hydrogen-bond donors (Lipinski definition) is 2. The topological polar surface area (TPSA) is 83.8 Å². The normalized spacial score (nSPS) is 49.0. The second kappa shape index (κ2) is 7.88. The molecule has 0 amide bonds. The number of ether oxygens (including phenoxy) is 1. The summed E-state index contributed by atoms with van der Waals surface area (Å²) in [4.78, 5) is 25.1. The van der Waals surface area contributed by atoms with Gasteiger partial charge in [-0.05, 0) is 85.9 Å². The second-order valence-corrected chi connectivity index (χ2v) is 11.4. The number of aliphatic hydroxyl groups excluding tert-OH is 2. The summed E-state index contributed by atoms with van der Waals surface area (Å²) in [5.41, 5.74) is 0.0522. The molecule has 170 valence electrons. The predicted molar refractivity (Wildman–Crippen MR) is 113 cm³/mol. The van der Waals surface area contributed by atoms with Crippen molar-refractivity contribution in [1.82, 2.24) is 0 Å². The van der Waals surface area contributed by atoms with E-state index in [1.165, 1.54) is 7.11 Å². The Morgan fingerprint density at radius 2 is 1.73 bits per heavy atom. The van der Waals surface area contributed by atoms with Gasteiger partial charge < -0.3 is 14.9 Å². The van der Waals surface area contributed by atoms with E-state index in [0.29, 0.717) is 36.5 Å². The number of methoxy groups -OCH3 is 1. The van der Waals surface area contributed by atoms with E-state index in [1.54, 1.807) is 0 Å². The summed E-state index contributed by atoms with van der Waals surface area (Å²) in [5, 5.41) is 21.2. The molecule has 30 heavy (non-hydrogen) atoms. The van der Waals surface area contributed by atoms with Crippen molar-refractivity contribution in [1.29, 1.82) is 0 Å². The van der Waals surface area contributed by atoms with Gasteiger partial charge in [-0.25, -0.2) is 0 Å². The lowest BCUT2D eigenvalue weighted by atomic mass is 9.43. The van der Waals surface area contributed by atoms with Crippen LogP contribution < -0.4 is 0 Å². The van der Waals surface area contributed by atoms with Gasteiger partial charge in [0.15, 0.2) is 5.78 Å². The van der Waals surface area contributed by atoms with Crippen molar-refractivity contribution in [2.24, 2.45) is 46.3 Å². The fourth-order valence-electron chi connectivity index (χ4n) is 8.59. The highest BCUT2D eigenvalue weighted by Gasteiger charge is 2.65. The van der Waals surface area contributed by atoms with Gasteiger partial charge in [0.2, 0.25) is 0 Å². The van der Waals surface area contributed by atoms with Crippen LogP contribution in [0, 0.1) is 46.3 Å². The molecule has 0 saturated heterocycles. The molecule has 4 rings (SSSR count). The summed E-state index contributed by atoms with van der Waals surface area (Å²) in [5.74, 6) is 1.35. The Hall–Kier alpha value is -0.940. The van der Waals surface area contributed by atoms with Gasteiger partial charge in [-0.15, -0.1) is 0 Å². The minimum absolute atomic E-state index is 0.0481. The summed E-state index contributed by atoms with van der Waals surface area (Å²) < 4.78 is 4.83. The highest BCUT2D eigenvalue weighted by atomic mass is 16.5. The minimum Gasteiger partial charge on any atom is -0.469 e. The monoisotopic (exact) mass is 420 g/mol. The first kappa shape index (κ1) is 22.3. The molecule has 0 radical (unpaired) electrons. The number of aliphatic hydroxyl groups is 2. The fourth-order valence-corrected chi connectivity index (χ4v) is 8.59. The zero-order chi connectivity index (χ0) is 21.8. The van der Waals surface area contributed by atoms with Gasteiger partial charge in [0.25, 0.3) is 0 Å². The van der Waals surface area contributed by atoms with Crippen molar-refractivity contribution in [2.75, 3.05) is 7.11 Å². The van der Waals surface area contributed by atoms with E-state index < -0.39 is 6.10 Å². The van der Waals surface area contributed by atoms with Crippen LogP contribution in [0.25, 0.3) is 0 Å². The van der Waals surface area contributed by atoms with Crippen molar-refractivity contribution in [3.8, 4) is 0 Å². The van der Waals surface area contributed by atoms with Crippen molar-refractivity contribution < 1.29 is 24.5 Å². The van der Waals surface area contributed by atoms with Crippen LogP contribution in [0.2, 0.25) is 0 Å². The van der Waals surface area contributed by atoms with Crippen LogP contribution in [-0.4, -0.2) is 41.3 Å². The van der Waals surface area contributed by atoms with E-state index in [9.17, 15) is 19.8 Å². The van der Waals surface area contributed by atoms with Gasteiger partial charge in [0, 0.05) is 18.3 Å². The zero-order valence-electron chi connectivity index (χ0n) is 19.1.